The molecule has 1 N–H and O–H groups in total. The Morgan fingerprint density at radius 3 is 2.62 bits per heavy atom. The average molecular weight is 285 g/mol. The summed E-state index contributed by atoms with van der Waals surface area (Å²) >= 11 is 0. The van der Waals surface area contributed by atoms with E-state index in [1.165, 1.54) is 0 Å². The van der Waals surface area contributed by atoms with E-state index in [1.807, 2.05) is 68.0 Å². The van der Waals surface area contributed by atoms with Crippen LogP contribution >= 0.6 is 0 Å². The van der Waals surface area contributed by atoms with E-state index in [1.54, 1.807) is 6.20 Å². The third-order valence-electron chi connectivity index (χ3n) is 3.79. The topological polar surface area (TPSA) is 46.9 Å². The van der Waals surface area contributed by atoms with E-state index in [0.717, 1.165) is 18.5 Å². The van der Waals surface area contributed by atoms with E-state index < -0.39 is 5.41 Å². The molecule has 1 amide bonds. The summed E-state index contributed by atoms with van der Waals surface area (Å²) in [5.41, 5.74) is 0.503. The van der Waals surface area contributed by atoms with Gasteiger partial charge in [-0.15, -0.1) is 0 Å². The molecule has 1 atom stereocenters. The van der Waals surface area contributed by atoms with Crippen LogP contribution in [-0.4, -0.2) is 21.7 Å². The molecule has 0 saturated carbocycles. The fourth-order valence-electron chi connectivity index (χ4n) is 2.22. The van der Waals surface area contributed by atoms with Gasteiger partial charge in [0, 0.05) is 25.0 Å². The van der Waals surface area contributed by atoms with Gasteiger partial charge in [0.25, 0.3) is 0 Å². The molecule has 0 aliphatic carbocycles. The highest BCUT2D eigenvalue weighted by atomic mass is 16.2. The van der Waals surface area contributed by atoms with Crippen LogP contribution in [0.2, 0.25) is 0 Å². The minimum absolute atomic E-state index is 0.0571. The lowest BCUT2D eigenvalue weighted by Crippen LogP contribution is -2.44. The number of hydrogen-bond donors (Lipinski definition) is 1. The van der Waals surface area contributed by atoms with Gasteiger partial charge in [0.2, 0.25) is 5.91 Å². The molecule has 0 radical (unpaired) electrons. The van der Waals surface area contributed by atoms with Crippen LogP contribution in [0.4, 0.5) is 0 Å². The number of nitrogens with zero attached hydrogens (tertiary/aromatic N) is 2. The summed E-state index contributed by atoms with van der Waals surface area (Å²) in [7, 11) is 0. The van der Waals surface area contributed by atoms with E-state index in [2.05, 4.69) is 10.4 Å². The zero-order valence-corrected chi connectivity index (χ0v) is 12.9. The van der Waals surface area contributed by atoms with Gasteiger partial charge < -0.3 is 5.32 Å². The molecule has 1 heterocycles. The Hall–Kier alpha value is -2.10. The molecule has 0 saturated heterocycles. The number of nitrogens with one attached hydrogen (secondary N) is 1. The molecule has 2 aromatic rings. The summed E-state index contributed by atoms with van der Waals surface area (Å²) in [6, 6.07) is 11.9. The molecular weight excluding hydrogens is 262 g/mol. The molecule has 0 aliphatic heterocycles. The second-order valence-electron chi connectivity index (χ2n) is 5.92. The van der Waals surface area contributed by atoms with Crippen LogP contribution in [0, 0.1) is 0 Å². The summed E-state index contributed by atoms with van der Waals surface area (Å²) in [4.78, 5) is 12.5. The predicted molar refractivity (Wildman–Crippen MR) is 83.9 cm³/mol. The average Bonchev–Trinajstić information content (AvgIpc) is 2.99. The molecule has 21 heavy (non-hydrogen) atoms. The number of carbonyl (C=O) groups excluding carboxylic acids is 1. The van der Waals surface area contributed by atoms with Crippen molar-refractivity contribution in [3.63, 3.8) is 0 Å². The minimum atomic E-state index is -0.527. The van der Waals surface area contributed by atoms with Crippen LogP contribution in [0.5, 0.6) is 0 Å². The van der Waals surface area contributed by atoms with Gasteiger partial charge in [-0.05, 0) is 38.8 Å². The maximum Gasteiger partial charge on any atom is 0.230 e. The highest BCUT2D eigenvalue weighted by molar-refractivity contribution is 5.87. The van der Waals surface area contributed by atoms with E-state index >= 15 is 0 Å². The van der Waals surface area contributed by atoms with E-state index in [0.29, 0.717) is 0 Å². The number of benzene rings is 1. The van der Waals surface area contributed by atoms with Crippen molar-refractivity contribution in [2.45, 2.75) is 45.2 Å². The SMILES string of the molecule is CC(CCn1cccn1)NC(=O)C(C)(C)c1ccccc1. The number of aromatic nitrogens is 2. The molecule has 0 fully saturated rings. The van der Waals surface area contributed by atoms with E-state index in [4.69, 9.17) is 0 Å². The maximum atomic E-state index is 12.5. The minimum Gasteiger partial charge on any atom is -0.353 e. The molecule has 4 heteroatoms. The fraction of sp³-hybridized carbons (Fsp3) is 0.412. The third kappa shape index (κ3) is 3.94. The first-order valence-corrected chi connectivity index (χ1v) is 7.34. The van der Waals surface area contributed by atoms with Crippen molar-refractivity contribution in [1.29, 1.82) is 0 Å². The summed E-state index contributed by atoms with van der Waals surface area (Å²) in [5.74, 6) is 0.0571. The Morgan fingerprint density at radius 2 is 2.00 bits per heavy atom. The zero-order valence-electron chi connectivity index (χ0n) is 12.9. The van der Waals surface area contributed by atoms with Gasteiger partial charge in [-0.3, -0.25) is 9.48 Å². The second-order valence-corrected chi connectivity index (χ2v) is 5.92. The first kappa shape index (κ1) is 15.3. The smallest absolute Gasteiger partial charge is 0.230 e. The summed E-state index contributed by atoms with van der Waals surface area (Å²) in [6.45, 7) is 6.75. The van der Waals surface area contributed by atoms with Gasteiger partial charge in [0.15, 0.2) is 0 Å². The van der Waals surface area contributed by atoms with Crippen LogP contribution in [0.25, 0.3) is 0 Å². The second kappa shape index (κ2) is 6.57. The molecule has 112 valence electrons. The Bertz CT molecular complexity index is 561. The first-order valence-electron chi connectivity index (χ1n) is 7.34. The zero-order chi connectivity index (χ0) is 15.3. The standard InChI is InChI=1S/C17H23N3O/c1-14(10-13-20-12-7-11-18-20)19-16(21)17(2,3)15-8-5-4-6-9-15/h4-9,11-12,14H,10,13H2,1-3H3,(H,19,21). The maximum absolute atomic E-state index is 12.5. The lowest BCUT2D eigenvalue weighted by molar-refractivity contribution is -0.126. The van der Waals surface area contributed by atoms with Crippen LogP contribution in [0.3, 0.4) is 0 Å². The molecule has 0 bridgehead atoms. The summed E-state index contributed by atoms with van der Waals surface area (Å²) in [5, 5.41) is 7.27. The number of hydrogen-bond acceptors (Lipinski definition) is 2. The van der Waals surface area contributed by atoms with Crippen molar-refractivity contribution in [1.82, 2.24) is 15.1 Å². The molecule has 2 rings (SSSR count). The van der Waals surface area contributed by atoms with Gasteiger partial charge in [-0.2, -0.15) is 5.10 Å². The Labute approximate surface area is 126 Å². The number of aryl methyl sites for hydroxylation is 1. The Balaban J connectivity index is 1.91. The quantitative estimate of drug-likeness (QED) is 0.887. The van der Waals surface area contributed by atoms with Gasteiger partial charge in [0.1, 0.15) is 0 Å². The van der Waals surface area contributed by atoms with E-state index in [9.17, 15) is 4.79 Å². The Morgan fingerprint density at radius 1 is 1.29 bits per heavy atom. The van der Waals surface area contributed by atoms with Crippen molar-refractivity contribution in [2.24, 2.45) is 0 Å². The summed E-state index contributed by atoms with van der Waals surface area (Å²) in [6.07, 6.45) is 4.56. The molecule has 4 nitrogen and oxygen atoms in total. The van der Waals surface area contributed by atoms with Crippen molar-refractivity contribution in [3.8, 4) is 0 Å². The molecule has 1 unspecified atom stereocenters. The number of carbonyl (C=O) groups is 1. The number of rotatable bonds is 6. The molecule has 0 spiro atoms. The lowest BCUT2D eigenvalue weighted by Gasteiger charge is -2.26. The highest BCUT2D eigenvalue weighted by Crippen LogP contribution is 2.23. The van der Waals surface area contributed by atoms with Crippen LogP contribution in [0.1, 0.15) is 32.8 Å². The van der Waals surface area contributed by atoms with Crippen molar-refractivity contribution < 1.29 is 4.79 Å². The Kier molecular flexibility index (Phi) is 4.78. The fourth-order valence-corrected chi connectivity index (χ4v) is 2.22. The van der Waals surface area contributed by atoms with Crippen molar-refractivity contribution >= 4 is 5.91 Å². The van der Waals surface area contributed by atoms with Gasteiger partial charge >= 0.3 is 0 Å². The first-order chi connectivity index (χ1) is 10.00. The highest BCUT2D eigenvalue weighted by Gasteiger charge is 2.30. The monoisotopic (exact) mass is 285 g/mol. The van der Waals surface area contributed by atoms with Crippen LogP contribution in [-0.2, 0) is 16.8 Å². The molecule has 1 aromatic heterocycles. The van der Waals surface area contributed by atoms with Crippen LogP contribution < -0.4 is 5.32 Å². The summed E-state index contributed by atoms with van der Waals surface area (Å²) < 4.78 is 1.88. The normalized spacial score (nSPS) is 12.9. The van der Waals surface area contributed by atoms with Crippen molar-refractivity contribution in [2.75, 3.05) is 0 Å². The molecule has 1 aromatic carbocycles. The van der Waals surface area contributed by atoms with Gasteiger partial charge in [-0.1, -0.05) is 30.3 Å². The van der Waals surface area contributed by atoms with E-state index in [-0.39, 0.29) is 11.9 Å². The van der Waals surface area contributed by atoms with Crippen molar-refractivity contribution in [3.05, 3.63) is 54.4 Å². The van der Waals surface area contributed by atoms with Gasteiger partial charge in [0.05, 0.1) is 5.41 Å². The predicted octanol–water partition coefficient (Wildman–Crippen LogP) is 2.76. The lowest BCUT2D eigenvalue weighted by atomic mass is 9.83. The van der Waals surface area contributed by atoms with Crippen LogP contribution in [0.15, 0.2) is 48.8 Å². The molecular formula is C17H23N3O. The largest absolute Gasteiger partial charge is 0.353 e. The van der Waals surface area contributed by atoms with Gasteiger partial charge in [-0.25, -0.2) is 0 Å². The number of amides is 1. The molecule has 0 aliphatic rings. The third-order valence-corrected chi connectivity index (χ3v) is 3.79.